The van der Waals surface area contributed by atoms with Crippen LogP contribution in [0.4, 0.5) is 0 Å². The largest absolute Gasteiger partial charge is 0.115 e. The zero-order valence-corrected chi connectivity index (χ0v) is 5.31. The molecular weight excluding hydrogens is 96.1 g/mol. The third-order valence-corrected chi connectivity index (χ3v) is 0.741. The molecule has 0 spiro atoms. The number of hydrogen-bond acceptors (Lipinski definition) is 0. The summed E-state index contributed by atoms with van der Waals surface area (Å²) in [6.07, 6.45) is 10.7. The van der Waals surface area contributed by atoms with Gasteiger partial charge in [-0.1, -0.05) is 18.1 Å². The average Bonchev–Trinajstić information content (AvgIpc) is 1.68. The zero-order chi connectivity index (χ0) is 6.41. The second-order valence-electron chi connectivity index (χ2n) is 1.56. The fourth-order valence-electron chi connectivity index (χ4n) is 0.442. The van der Waals surface area contributed by atoms with E-state index in [0.29, 0.717) is 0 Å². The Labute approximate surface area is 50.9 Å². The third kappa shape index (κ3) is 3.24. The van der Waals surface area contributed by atoms with E-state index in [4.69, 9.17) is 6.42 Å². The molecule has 0 fully saturated rings. The molecule has 0 heterocycles. The summed E-state index contributed by atoms with van der Waals surface area (Å²) in [7, 11) is 0. The molecule has 0 aliphatic rings. The van der Waals surface area contributed by atoms with Crippen LogP contribution in [0, 0.1) is 12.3 Å². The lowest BCUT2D eigenvalue weighted by molar-refractivity contribution is 1.51. The van der Waals surface area contributed by atoms with Crippen LogP contribution in [0.2, 0.25) is 0 Å². The molecule has 0 nitrogen and oxygen atoms in total. The summed E-state index contributed by atoms with van der Waals surface area (Å²) in [5.41, 5.74) is 1.12. The highest BCUT2D eigenvalue weighted by Gasteiger charge is 1.72. The number of allylic oxidation sites excluding steroid dienone is 4. The predicted molar refractivity (Wildman–Crippen MR) is 37.4 cm³/mol. The van der Waals surface area contributed by atoms with Gasteiger partial charge in [0.05, 0.1) is 0 Å². The van der Waals surface area contributed by atoms with E-state index in [2.05, 4.69) is 5.92 Å². The van der Waals surface area contributed by atoms with Gasteiger partial charge in [-0.2, -0.15) is 0 Å². The van der Waals surface area contributed by atoms with E-state index in [1.54, 1.807) is 6.08 Å². The first-order valence-corrected chi connectivity index (χ1v) is 2.57. The molecule has 0 bridgehead atoms. The van der Waals surface area contributed by atoms with E-state index < -0.39 is 0 Å². The molecule has 0 heteroatoms. The average molecular weight is 106 g/mol. The summed E-state index contributed by atoms with van der Waals surface area (Å²) >= 11 is 0. The van der Waals surface area contributed by atoms with E-state index in [0.717, 1.165) is 5.57 Å². The Morgan fingerprint density at radius 3 is 2.62 bits per heavy atom. The van der Waals surface area contributed by atoms with E-state index in [9.17, 15) is 0 Å². The molecule has 0 saturated carbocycles. The lowest BCUT2D eigenvalue weighted by Gasteiger charge is -1.81. The van der Waals surface area contributed by atoms with Gasteiger partial charge in [-0.05, 0) is 25.5 Å². The maximum Gasteiger partial charge on any atom is -0.00924 e. The number of rotatable bonds is 1. The Balaban J connectivity index is 3.85. The lowest BCUT2D eigenvalue weighted by atomic mass is 10.3. The van der Waals surface area contributed by atoms with Gasteiger partial charge < -0.3 is 0 Å². The van der Waals surface area contributed by atoms with Gasteiger partial charge in [-0.15, -0.1) is 6.42 Å². The number of hydrogen-bond donors (Lipinski definition) is 0. The van der Waals surface area contributed by atoms with Crippen LogP contribution in [0.15, 0.2) is 23.8 Å². The van der Waals surface area contributed by atoms with Crippen LogP contribution in [-0.2, 0) is 0 Å². The third-order valence-electron chi connectivity index (χ3n) is 0.741. The monoisotopic (exact) mass is 106 g/mol. The second-order valence-corrected chi connectivity index (χ2v) is 1.56. The second kappa shape index (κ2) is 4.21. The minimum absolute atomic E-state index is 1.12. The van der Waals surface area contributed by atoms with Crippen LogP contribution >= 0.6 is 0 Å². The van der Waals surface area contributed by atoms with Gasteiger partial charge in [0, 0.05) is 0 Å². The molecule has 0 aromatic heterocycles. The molecule has 0 aromatic carbocycles. The van der Waals surface area contributed by atoms with E-state index >= 15 is 0 Å². The minimum Gasteiger partial charge on any atom is -0.115 e. The first kappa shape index (κ1) is 7.04. The highest BCUT2D eigenvalue weighted by atomic mass is 13.8. The van der Waals surface area contributed by atoms with Crippen molar-refractivity contribution in [3.63, 3.8) is 0 Å². The Morgan fingerprint density at radius 1 is 1.62 bits per heavy atom. The van der Waals surface area contributed by atoms with Crippen LogP contribution in [0.25, 0.3) is 0 Å². The molecule has 0 N–H and O–H groups in total. The van der Waals surface area contributed by atoms with Crippen molar-refractivity contribution in [2.45, 2.75) is 13.8 Å². The summed E-state index contributed by atoms with van der Waals surface area (Å²) in [5.74, 6) is 2.44. The highest BCUT2D eigenvalue weighted by molar-refractivity contribution is 5.24. The fourth-order valence-corrected chi connectivity index (χ4v) is 0.442. The Bertz CT molecular complexity index is 142. The molecule has 0 rings (SSSR count). The van der Waals surface area contributed by atoms with Crippen molar-refractivity contribution in [1.29, 1.82) is 0 Å². The maximum absolute atomic E-state index is 5.00. The van der Waals surface area contributed by atoms with Crippen molar-refractivity contribution < 1.29 is 0 Å². The molecule has 0 saturated heterocycles. The Morgan fingerprint density at radius 2 is 2.25 bits per heavy atom. The standard InChI is InChI=1S/C8H10/c1-4-6-8(3)7-5-2/h1,5-7H,2-3H3/b7-5-,8-6-. The topological polar surface area (TPSA) is 0 Å². The quantitative estimate of drug-likeness (QED) is 0.355. The van der Waals surface area contributed by atoms with Crippen molar-refractivity contribution in [3.8, 4) is 12.3 Å². The van der Waals surface area contributed by atoms with Gasteiger partial charge in [0.15, 0.2) is 0 Å². The summed E-state index contributed by atoms with van der Waals surface area (Å²) in [6.45, 7) is 3.94. The van der Waals surface area contributed by atoms with Crippen LogP contribution < -0.4 is 0 Å². The zero-order valence-electron chi connectivity index (χ0n) is 5.31. The lowest BCUT2D eigenvalue weighted by Crippen LogP contribution is -1.62. The fraction of sp³-hybridized carbons (Fsp3) is 0.250. The number of terminal acetylenes is 1. The van der Waals surface area contributed by atoms with Gasteiger partial charge >= 0.3 is 0 Å². The van der Waals surface area contributed by atoms with Gasteiger partial charge in [0.25, 0.3) is 0 Å². The minimum atomic E-state index is 1.12. The van der Waals surface area contributed by atoms with Gasteiger partial charge in [0.1, 0.15) is 0 Å². The molecule has 0 atom stereocenters. The summed E-state index contributed by atoms with van der Waals surface area (Å²) in [4.78, 5) is 0. The molecule has 0 aromatic rings. The maximum atomic E-state index is 5.00. The SMILES string of the molecule is C#C/C=C(C)\C=C/C. The highest BCUT2D eigenvalue weighted by Crippen LogP contribution is 1.91. The predicted octanol–water partition coefficient (Wildman–Crippen LogP) is 2.14. The van der Waals surface area contributed by atoms with Crippen LogP contribution in [0.5, 0.6) is 0 Å². The van der Waals surface area contributed by atoms with Crippen LogP contribution in [0.1, 0.15) is 13.8 Å². The molecule has 0 unspecified atom stereocenters. The molecule has 42 valence electrons. The van der Waals surface area contributed by atoms with Crippen molar-refractivity contribution in [1.82, 2.24) is 0 Å². The molecular formula is C8H10. The molecule has 0 aliphatic carbocycles. The normalized spacial score (nSPS) is 11.9. The van der Waals surface area contributed by atoms with Gasteiger partial charge in [-0.3, -0.25) is 0 Å². The molecule has 0 amide bonds. The van der Waals surface area contributed by atoms with E-state index in [1.165, 1.54) is 0 Å². The van der Waals surface area contributed by atoms with Gasteiger partial charge in [0.2, 0.25) is 0 Å². The van der Waals surface area contributed by atoms with Crippen molar-refractivity contribution in [2.24, 2.45) is 0 Å². The summed E-state index contributed by atoms with van der Waals surface area (Å²) in [6, 6.07) is 0. The van der Waals surface area contributed by atoms with Crippen LogP contribution in [0.3, 0.4) is 0 Å². The molecule has 0 aliphatic heterocycles. The smallest absolute Gasteiger partial charge is 0.00924 e. The van der Waals surface area contributed by atoms with E-state index in [1.807, 2.05) is 26.0 Å². The summed E-state index contributed by atoms with van der Waals surface area (Å²) < 4.78 is 0. The Kier molecular flexibility index (Phi) is 3.70. The molecule has 8 heavy (non-hydrogen) atoms. The van der Waals surface area contributed by atoms with Crippen molar-refractivity contribution >= 4 is 0 Å². The first-order valence-electron chi connectivity index (χ1n) is 2.57. The van der Waals surface area contributed by atoms with Gasteiger partial charge in [-0.25, -0.2) is 0 Å². The first-order chi connectivity index (χ1) is 3.81. The van der Waals surface area contributed by atoms with E-state index in [-0.39, 0.29) is 0 Å². The Hall–Kier alpha value is -0.960. The molecule has 0 radical (unpaired) electrons. The summed E-state index contributed by atoms with van der Waals surface area (Å²) in [5, 5.41) is 0. The van der Waals surface area contributed by atoms with Crippen molar-refractivity contribution in [3.05, 3.63) is 23.8 Å². The van der Waals surface area contributed by atoms with Crippen molar-refractivity contribution in [2.75, 3.05) is 0 Å². The van der Waals surface area contributed by atoms with Crippen LogP contribution in [-0.4, -0.2) is 0 Å².